The average molecular weight is 249 g/mol. The second-order valence-electron chi connectivity index (χ2n) is 4.46. The molecule has 18 heavy (non-hydrogen) atoms. The van der Waals surface area contributed by atoms with E-state index in [4.69, 9.17) is 4.74 Å². The van der Waals surface area contributed by atoms with Crippen LogP contribution < -0.4 is 5.32 Å². The molecule has 2 heterocycles. The first-order valence-electron chi connectivity index (χ1n) is 6.32. The number of ether oxygens (including phenoxy) is 1. The number of rotatable bonds is 4. The van der Waals surface area contributed by atoms with Crippen molar-refractivity contribution in [1.29, 1.82) is 0 Å². The lowest BCUT2D eigenvalue weighted by Gasteiger charge is -2.14. The zero-order valence-corrected chi connectivity index (χ0v) is 10.6. The second kappa shape index (κ2) is 6.35. The number of aromatic nitrogens is 1. The van der Waals surface area contributed by atoms with Gasteiger partial charge in [-0.15, -0.1) is 0 Å². The lowest BCUT2D eigenvalue weighted by atomic mass is 10.3. The topological polar surface area (TPSA) is 54.5 Å². The number of pyridine rings is 1. The molecule has 5 heteroatoms. The third-order valence-electron chi connectivity index (χ3n) is 3.13. The fourth-order valence-corrected chi connectivity index (χ4v) is 2.08. The Morgan fingerprint density at radius 1 is 1.67 bits per heavy atom. The molecule has 1 saturated heterocycles. The third kappa shape index (κ3) is 3.70. The standard InChI is InChI=1S/C13H19N3O2/c1-2-16-7-5-12(9-16)15-13(17)18-10-11-4-3-6-14-8-11/h3-4,6,8,12H,2,5,7,9-10H2,1H3,(H,15,17)/t12-/m0/s1. The molecule has 5 nitrogen and oxygen atoms in total. The smallest absolute Gasteiger partial charge is 0.407 e. The zero-order valence-electron chi connectivity index (χ0n) is 10.6. The van der Waals surface area contributed by atoms with E-state index >= 15 is 0 Å². The highest BCUT2D eigenvalue weighted by molar-refractivity contribution is 5.67. The Bertz CT molecular complexity index is 383. The lowest BCUT2D eigenvalue weighted by molar-refractivity contribution is 0.135. The summed E-state index contributed by atoms with van der Waals surface area (Å²) in [5, 5.41) is 2.89. The van der Waals surface area contributed by atoms with Crippen molar-refractivity contribution >= 4 is 6.09 Å². The van der Waals surface area contributed by atoms with Crippen LogP contribution in [0.15, 0.2) is 24.5 Å². The van der Waals surface area contributed by atoms with Gasteiger partial charge in [0.15, 0.2) is 0 Å². The Balaban J connectivity index is 1.70. The van der Waals surface area contributed by atoms with Gasteiger partial charge in [-0.3, -0.25) is 4.98 Å². The molecule has 0 radical (unpaired) electrons. The fourth-order valence-electron chi connectivity index (χ4n) is 2.08. The van der Waals surface area contributed by atoms with Crippen LogP contribution in [0.2, 0.25) is 0 Å². The van der Waals surface area contributed by atoms with Crippen LogP contribution in [0.3, 0.4) is 0 Å². The van der Waals surface area contributed by atoms with E-state index in [1.54, 1.807) is 12.4 Å². The van der Waals surface area contributed by atoms with Crippen LogP contribution in [0, 0.1) is 0 Å². The maximum atomic E-state index is 11.6. The van der Waals surface area contributed by atoms with E-state index in [0.29, 0.717) is 0 Å². The maximum absolute atomic E-state index is 11.6. The molecular weight excluding hydrogens is 230 g/mol. The van der Waals surface area contributed by atoms with Crippen LogP contribution in [0.25, 0.3) is 0 Å². The first kappa shape index (κ1) is 12.8. The summed E-state index contributed by atoms with van der Waals surface area (Å²) in [5.41, 5.74) is 0.897. The van der Waals surface area contributed by atoms with Crippen LogP contribution in [0.5, 0.6) is 0 Å². The Hall–Kier alpha value is -1.62. The van der Waals surface area contributed by atoms with Crippen LogP contribution in [-0.4, -0.2) is 41.7 Å². The minimum atomic E-state index is -0.346. The van der Waals surface area contributed by atoms with Gasteiger partial charge in [0.25, 0.3) is 0 Å². The SMILES string of the molecule is CCN1CC[C@H](NC(=O)OCc2cccnc2)C1. The molecule has 1 N–H and O–H groups in total. The van der Waals surface area contributed by atoms with Crippen molar-refractivity contribution in [2.45, 2.75) is 26.0 Å². The number of nitrogens with one attached hydrogen (secondary N) is 1. The number of alkyl carbamates (subject to hydrolysis) is 1. The minimum absolute atomic E-state index is 0.214. The summed E-state index contributed by atoms with van der Waals surface area (Å²) in [7, 11) is 0. The maximum Gasteiger partial charge on any atom is 0.407 e. The lowest BCUT2D eigenvalue weighted by Crippen LogP contribution is -2.37. The number of hydrogen-bond acceptors (Lipinski definition) is 4. The van der Waals surface area contributed by atoms with Gasteiger partial charge in [0, 0.05) is 37.1 Å². The van der Waals surface area contributed by atoms with Gasteiger partial charge in [-0.25, -0.2) is 4.79 Å². The molecule has 98 valence electrons. The van der Waals surface area contributed by atoms with E-state index in [-0.39, 0.29) is 18.7 Å². The molecule has 0 aromatic carbocycles. The molecule has 1 aromatic heterocycles. The molecule has 1 aliphatic heterocycles. The van der Waals surface area contributed by atoms with Gasteiger partial charge in [0.05, 0.1) is 0 Å². The molecule has 1 aliphatic rings. The predicted molar refractivity (Wildman–Crippen MR) is 68.1 cm³/mol. The molecular formula is C13H19N3O2. The number of hydrogen-bond donors (Lipinski definition) is 1. The Kier molecular flexibility index (Phi) is 4.52. The molecule has 1 fully saturated rings. The molecule has 0 unspecified atom stereocenters. The second-order valence-corrected chi connectivity index (χ2v) is 4.46. The summed E-state index contributed by atoms with van der Waals surface area (Å²) >= 11 is 0. The average Bonchev–Trinajstić information content (AvgIpc) is 2.85. The summed E-state index contributed by atoms with van der Waals surface area (Å²) in [6.45, 7) is 5.39. The van der Waals surface area contributed by atoms with Crippen LogP contribution in [0.1, 0.15) is 18.9 Å². The van der Waals surface area contributed by atoms with E-state index < -0.39 is 0 Å². The molecule has 0 bridgehead atoms. The molecule has 0 spiro atoms. The number of likely N-dealkylation sites (tertiary alicyclic amines) is 1. The normalized spacial score (nSPS) is 19.7. The molecule has 1 amide bonds. The summed E-state index contributed by atoms with van der Waals surface area (Å²) in [5.74, 6) is 0. The summed E-state index contributed by atoms with van der Waals surface area (Å²) in [6, 6.07) is 3.92. The van der Waals surface area contributed by atoms with Crippen molar-refractivity contribution in [1.82, 2.24) is 15.2 Å². The number of nitrogens with zero attached hydrogens (tertiary/aromatic N) is 2. The molecule has 0 aliphatic carbocycles. The van der Waals surface area contributed by atoms with E-state index in [9.17, 15) is 4.79 Å². The molecule has 1 atom stereocenters. The summed E-state index contributed by atoms with van der Waals surface area (Å²) in [6.07, 6.45) is 4.04. The van der Waals surface area contributed by atoms with Crippen molar-refractivity contribution < 1.29 is 9.53 Å². The highest BCUT2D eigenvalue weighted by Gasteiger charge is 2.22. The van der Waals surface area contributed by atoms with E-state index in [2.05, 4.69) is 22.1 Å². The molecule has 2 rings (SSSR count). The molecule has 0 saturated carbocycles. The zero-order chi connectivity index (χ0) is 12.8. The monoisotopic (exact) mass is 249 g/mol. The fraction of sp³-hybridized carbons (Fsp3) is 0.538. The van der Waals surface area contributed by atoms with Crippen LogP contribution in [0.4, 0.5) is 4.79 Å². The minimum Gasteiger partial charge on any atom is -0.445 e. The number of carbonyl (C=O) groups excluding carboxylic acids is 1. The van der Waals surface area contributed by atoms with Gasteiger partial charge in [0.2, 0.25) is 0 Å². The Labute approximate surface area is 107 Å². The summed E-state index contributed by atoms with van der Waals surface area (Å²) in [4.78, 5) is 17.9. The van der Waals surface area contributed by atoms with Gasteiger partial charge in [-0.05, 0) is 19.0 Å². The van der Waals surface area contributed by atoms with E-state index in [0.717, 1.165) is 31.6 Å². The highest BCUT2D eigenvalue weighted by atomic mass is 16.5. The van der Waals surface area contributed by atoms with E-state index in [1.807, 2.05) is 12.1 Å². The third-order valence-corrected chi connectivity index (χ3v) is 3.13. The molecule has 1 aromatic rings. The van der Waals surface area contributed by atoms with Crippen molar-refractivity contribution in [2.24, 2.45) is 0 Å². The largest absolute Gasteiger partial charge is 0.445 e. The predicted octanol–water partition coefficient (Wildman–Crippen LogP) is 1.40. The van der Waals surface area contributed by atoms with Crippen molar-refractivity contribution in [3.63, 3.8) is 0 Å². The Morgan fingerprint density at radius 3 is 3.22 bits per heavy atom. The first-order valence-corrected chi connectivity index (χ1v) is 6.32. The van der Waals surface area contributed by atoms with Crippen molar-refractivity contribution in [3.8, 4) is 0 Å². The van der Waals surface area contributed by atoms with E-state index in [1.165, 1.54) is 0 Å². The van der Waals surface area contributed by atoms with Crippen LogP contribution >= 0.6 is 0 Å². The van der Waals surface area contributed by atoms with Gasteiger partial charge in [-0.1, -0.05) is 13.0 Å². The summed E-state index contributed by atoms with van der Waals surface area (Å²) < 4.78 is 5.15. The highest BCUT2D eigenvalue weighted by Crippen LogP contribution is 2.08. The van der Waals surface area contributed by atoms with Crippen LogP contribution in [-0.2, 0) is 11.3 Å². The Morgan fingerprint density at radius 2 is 2.56 bits per heavy atom. The van der Waals surface area contributed by atoms with Crippen molar-refractivity contribution in [2.75, 3.05) is 19.6 Å². The first-order chi connectivity index (χ1) is 8.78. The van der Waals surface area contributed by atoms with Gasteiger partial charge >= 0.3 is 6.09 Å². The van der Waals surface area contributed by atoms with Gasteiger partial charge in [-0.2, -0.15) is 0 Å². The van der Waals surface area contributed by atoms with Crippen molar-refractivity contribution in [3.05, 3.63) is 30.1 Å². The van der Waals surface area contributed by atoms with Gasteiger partial charge in [0.1, 0.15) is 6.61 Å². The number of amides is 1. The number of carbonyl (C=O) groups is 1. The quantitative estimate of drug-likeness (QED) is 0.876. The van der Waals surface area contributed by atoms with Gasteiger partial charge < -0.3 is 15.0 Å². The number of likely N-dealkylation sites (N-methyl/N-ethyl adjacent to an activating group) is 1.